The third kappa shape index (κ3) is 2.26. The van der Waals surface area contributed by atoms with Gasteiger partial charge in [0.2, 0.25) is 5.43 Å². The zero-order valence-electron chi connectivity index (χ0n) is 13.6. The lowest BCUT2D eigenvalue weighted by molar-refractivity contribution is 0.632. The van der Waals surface area contributed by atoms with E-state index in [9.17, 15) is 14.0 Å². The molecule has 0 saturated carbocycles. The summed E-state index contributed by atoms with van der Waals surface area (Å²) < 4.78 is 19.3. The van der Waals surface area contributed by atoms with Crippen LogP contribution in [0.25, 0.3) is 32.2 Å². The van der Waals surface area contributed by atoms with Crippen LogP contribution in [0.5, 0.6) is 0 Å². The van der Waals surface area contributed by atoms with E-state index in [1.165, 1.54) is 12.4 Å². The number of halogens is 1. The lowest BCUT2D eigenvalue weighted by Gasteiger charge is -2.13. The number of nitrogens with zero attached hydrogens (tertiary/aromatic N) is 3. The van der Waals surface area contributed by atoms with Gasteiger partial charge in [-0.15, -0.1) is 0 Å². The van der Waals surface area contributed by atoms with E-state index in [2.05, 4.69) is 9.36 Å². The number of rotatable bonds is 2. The fourth-order valence-corrected chi connectivity index (χ4v) is 4.14. The Hall–Kier alpha value is -3.57. The number of aromatic amines is 1. The van der Waals surface area contributed by atoms with Crippen LogP contribution in [0.1, 0.15) is 11.6 Å². The van der Waals surface area contributed by atoms with E-state index in [1.54, 1.807) is 12.1 Å². The number of benzene rings is 1. The number of hydrogen-bond acceptors (Lipinski definition) is 5. The maximum atomic E-state index is 14.8. The molecule has 0 radical (unpaired) electrons. The standard InChI is InChI=1S/C19H9FN4O2S/c20-14-4-13-15(5-12(14)10-3-9(6-21)7-22-8-10)24(11-1-2-11)19-16(17(13)25)18(26)23-27-19/h1-5,7-8,11H,(H,23,26). The maximum Gasteiger partial charge on any atom is 0.271 e. The van der Waals surface area contributed by atoms with Gasteiger partial charge in [0.15, 0.2) is 0 Å². The number of hydrogen-bond donors (Lipinski definition) is 1. The van der Waals surface area contributed by atoms with Crippen molar-refractivity contribution in [2.45, 2.75) is 6.04 Å². The summed E-state index contributed by atoms with van der Waals surface area (Å²) in [6, 6.07) is 6.19. The van der Waals surface area contributed by atoms with Gasteiger partial charge in [0, 0.05) is 28.9 Å². The van der Waals surface area contributed by atoms with Crippen molar-refractivity contribution in [1.29, 1.82) is 5.26 Å². The molecule has 0 aliphatic heterocycles. The molecule has 0 amide bonds. The summed E-state index contributed by atoms with van der Waals surface area (Å²) in [4.78, 5) is 29.4. The van der Waals surface area contributed by atoms with Crippen LogP contribution in [0.4, 0.5) is 4.39 Å². The van der Waals surface area contributed by atoms with Crippen LogP contribution in [0.2, 0.25) is 0 Å². The molecule has 0 bridgehead atoms. The van der Waals surface area contributed by atoms with Crippen molar-refractivity contribution >= 4 is 32.7 Å². The van der Waals surface area contributed by atoms with Gasteiger partial charge in [-0.05, 0) is 29.7 Å². The first-order chi connectivity index (χ1) is 13.1. The first-order valence-corrected chi connectivity index (χ1v) is 8.83. The first-order valence-electron chi connectivity index (χ1n) is 8.01. The second kappa shape index (κ2) is 5.46. The number of aromatic nitrogens is 3. The summed E-state index contributed by atoms with van der Waals surface area (Å²) in [5.74, 6) is -0.613. The Labute approximate surface area is 154 Å². The number of H-pyrrole nitrogens is 1. The lowest BCUT2D eigenvalue weighted by Crippen LogP contribution is -2.15. The van der Waals surface area contributed by atoms with E-state index in [0.29, 0.717) is 21.5 Å². The molecule has 0 atom stereocenters. The molecule has 130 valence electrons. The van der Waals surface area contributed by atoms with Crippen LogP contribution in [-0.2, 0) is 0 Å². The van der Waals surface area contributed by atoms with E-state index in [1.807, 2.05) is 22.8 Å². The fourth-order valence-electron chi connectivity index (χ4n) is 3.24. The first kappa shape index (κ1) is 15.7. The molecule has 8 heteroatoms. The van der Waals surface area contributed by atoms with E-state index in [-0.39, 0.29) is 22.4 Å². The summed E-state index contributed by atoms with van der Waals surface area (Å²) in [6.45, 7) is 0. The van der Waals surface area contributed by atoms with Crippen LogP contribution in [0, 0.1) is 17.1 Å². The number of fused-ring (bicyclic) bond motifs is 2. The van der Waals surface area contributed by atoms with Gasteiger partial charge < -0.3 is 4.57 Å². The van der Waals surface area contributed by atoms with Gasteiger partial charge in [-0.25, -0.2) is 4.39 Å². The Balaban J connectivity index is 1.92. The highest BCUT2D eigenvalue weighted by atomic mass is 32.1. The molecule has 3 heterocycles. The Kier molecular flexibility index (Phi) is 3.17. The minimum atomic E-state index is -0.613. The predicted octanol–water partition coefficient (Wildman–Crippen LogP) is 3.09. The van der Waals surface area contributed by atoms with Gasteiger partial charge in [0.05, 0.1) is 17.1 Å². The fraction of sp³-hybridized carbons (Fsp3) is 0.0526. The zero-order valence-corrected chi connectivity index (χ0v) is 14.4. The van der Waals surface area contributed by atoms with E-state index in [4.69, 9.17) is 5.26 Å². The van der Waals surface area contributed by atoms with E-state index in [0.717, 1.165) is 17.6 Å². The van der Waals surface area contributed by atoms with E-state index >= 15 is 0 Å². The molecule has 5 rings (SSSR count). The van der Waals surface area contributed by atoms with Crippen molar-refractivity contribution in [3.05, 3.63) is 74.7 Å². The lowest BCUT2D eigenvalue weighted by atomic mass is 10.0. The molecule has 3 aromatic heterocycles. The van der Waals surface area contributed by atoms with Crippen LogP contribution in [0.3, 0.4) is 0 Å². The molecule has 1 aliphatic carbocycles. The predicted molar refractivity (Wildman–Crippen MR) is 100 cm³/mol. The number of pyridine rings is 2. The normalized spacial score (nSPS) is 13.3. The van der Waals surface area contributed by atoms with Crippen molar-refractivity contribution in [3.8, 4) is 17.2 Å². The molecule has 0 saturated heterocycles. The molecule has 6 nitrogen and oxygen atoms in total. The highest BCUT2D eigenvalue weighted by Gasteiger charge is 2.24. The van der Waals surface area contributed by atoms with Gasteiger partial charge in [0.1, 0.15) is 22.1 Å². The van der Waals surface area contributed by atoms with Gasteiger partial charge in [0.25, 0.3) is 5.56 Å². The summed E-state index contributed by atoms with van der Waals surface area (Å²) >= 11 is 1.09. The smallest absolute Gasteiger partial charge is 0.271 e. The monoisotopic (exact) mass is 376 g/mol. The zero-order chi connectivity index (χ0) is 18.7. The molecule has 1 aromatic carbocycles. The third-order valence-corrected chi connectivity index (χ3v) is 5.44. The van der Waals surface area contributed by atoms with E-state index < -0.39 is 16.8 Å². The second-order valence-electron chi connectivity index (χ2n) is 6.21. The van der Waals surface area contributed by atoms with Crippen LogP contribution in [0.15, 0.2) is 52.3 Å². The number of nitriles is 1. The van der Waals surface area contributed by atoms with Crippen molar-refractivity contribution < 1.29 is 4.39 Å². The largest absolute Gasteiger partial charge is 0.320 e. The molecule has 1 aliphatic rings. The molecule has 27 heavy (non-hydrogen) atoms. The third-order valence-electron chi connectivity index (χ3n) is 4.56. The van der Waals surface area contributed by atoms with Crippen LogP contribution >= 0.6 is 11.5 Å². The highest BCUT2D eigenvalue weighted by Crippen LogP contribution is 2.34. The maximum absolute atomic E-state index is 14.8. The molecule has 1 N–H and O–H groups in total. The Bertz CT molecular complexity index is 1450. The SMILES string of the molecule is N#Cc1cncc(-c2cc3c(cc2F)c(=O)c2c(=O)[nH]sc2n3C2C=C2)c1. The van der Waals surface area contributed by atoms with Crippen LogP contribution < -0.4 is 11.0 Å². The molecule has 4 aromatic rings. The van der Waals surface area contributed by atoms with Crippen LogP contribution in [-0.4, -0.2) is 13.9 Å². The molecule has 0 fully saturated rings. The minimum Gasteiger partial charge on any atom is -0.320 e. The van der Waals surface area contributed by atoms with Gasteiger partial charge in [-0.1, -0.05) is 12.2 Å². The summed E-state index contributed by atoms with van der Waals surface area (Å²) in [7, 11) is 0. The Morgan fingerprint density at radius 3 is 2.78 bits per heavy atom. The second-order valence-corrected chi connectivity index (χ2v) is 7.01. The molecule has 0 unspecified atom stereocenters. The molecular formula is C19H9FN4O2S. The van der Waals surface area contributed by atoms with Gasteiger partial charge >= 0.3 is 0 Å². The topological polar surface area (TPSA) is 91.5 Å². The Morgan fingerprint density at radius 2 is 2.04 bits per heavy atom. The van der Waals surface area contributed by atoms with Gasteiger partial charge in [-0.2, -0.15) is 5.26 Å². The highest BCUT2D eigenvalue weighted by molar-refractivity contribution is 7.12. The summed E-state index contributed by atoms with van der Waals surface area (Å²) in [6.07, 6.45) is 6.71. The van der Waals surface area contributed by atoms with Crippen molar-refractivity contribution in [3.63, 3.8) is 0 Å². The van der Waals surface area contributed by atoms with Crippen molar-refractivity contribution in [1.82, 2.24) is 13.9 Å². The number of nitrogens with one attached hydrogen (secondary N) is 1. The van der Waals surface area contributed by atoms with Gasteiger partial charge in [-0.3, -0.25) is 18.9 Å². The summed E-state index contributed by atoms with van der Waals surface area (Å²) in [5, 5.41) is 9.25. The Morgan fingerprint density at radius 1 is 1.22 bits per heavy atom. The van der Waals surface area contributed by atoms with Crippen molar-refractivity contribution in [2.24, 2.45) is 0 Å². The quantitative estimate of drug-likeness (QED) is 0.544. The van der Waals surface area contributed by atoms with Crippen molar-refractivity contribution in [2.75, 3.05) is 0 Å². The molecular weight excluding hydrogens is 367 g/mol. The number of allylic oxidation sites excluding steroid dienone is 2. The summed E-state index contributed by atoms with van der Waals surface area (Å²) in [5.41, 5.74) is 0.561. The minimum absolute atomic E-state index is 0.0431. The average Bonchev–Trinajstić information content (AvgIpc) is 3.44. The molecule has 0 spiro atoms. The average molecular weight is 376 g/mol.